The Balaban J connectivity index is 2.18. The van der Waals surface area contributed by atoms with Crippen LogP contribution in [0, 0.1) is 0 Å². The molecule has 10 heteroatoms. The first kappa shape index (κ1) is 21.0. The van der Waals surface area contributed by atoms with E-state index in [1.165, 1.54) is 20.1 Å². The summed E-state index contributed by atoms with van der Waals surface area (Å²) in [4.78, 5) is 23.8. The molecule has 2 aromatic carbocycles. The number of carboxylic acid groups (broad SMARTS) is 1. The van der Waals surface area contributed by atoms with E-state index in [0.29, 0.717) is 16.9 Å². The standard InChI is InChI=1S/C20H18ClN3O6/c1-9(20(28)29)22-19(27)18-16(10-3-5-11(30-2)6-4-10)17(23-24-18)12-7-13(21)15(26)8-14(12)25/h3-9,25-26H,1-2H3,(H,22,27)(H,23,24)(H,28,29)/t9-/m1/s1. The Bertz CT molecular complexity index is 1110. The number of benzene rings is 2. The molecule has 0 unspecified atom stereocenters. The first-order chi connectivity index (χ1) is 14.2. The van der Waals surface area contributed by atoms with Crippen LogP contribution in [-0.2, 0) is 4.79 Å². The molecular weight excluding hydrogens is 414 g/mol. The predicted molar refractivity (Wildman–Crippen MR) is 109 cm³/mol. The lowest BCUT2D eigenvalue weighted by Crippen LogP contribution is -2.38. The van der Waals surface area contributed by atoms with Gasteiger partial charge in [0.05, 0.1) is 12.1 Å². The fourth-order valence-corrected chi connectivity index (χ4v) is 2.97. The second-order valence-corrected chi connectivity index (χ2v) is 6.81. The van der Waals surface area contributed by atoms with Gasteiger partial charge in [-0.15, -0.1) is 0 Å². The van der Waals surface area contributed by atoms with Crippen LogP contribution in [-0.4, -0.2) is 50.5 Å². The average molecular weight is 432 g/mol. The van der Waals surface area contributed by atoms with Gasteiger partial charge in [-0.1, -0.05) is 23.7 Å². The van der Waals surface area contributed by atoms with Crippen molar-refractivity contribution in [1.82, 2.24) is 15.5 Å². The highest BCUT2D eigenvalue weighted by Gasteiger charge is 2.26. The van der Waals surface area contributed by atoms with Crippen molar-refractivity contribution in [3.63, 3.8) is 0 Å². The third kappa shape index (κ3) is 4.01. The lowest BCUT2D eigenvalue weighted by Gasteiger charge is -2.11. The van der Waals surface area contributed by atoms with Crippen LogP contribution < -0.4 is 10.1 Å². The summed E-state index contributed by atoms with van der Waals surface area (Å²) in [5.74, 6) is -1.92. The van der Waals surface area contributed by atoms with Crippen molar-refractivity contribution in [1.29, 1.82) is 0 Å². The number of halogens is 1. The van der Waals surface area contributed by atoms with Crippen molar-refractivity contribution in [2.45, 2.75) is 13.0 Å². The topological polar surface area (TPSA) is 145 Å². The number of methoxy groups -OCH3 is 1. The van der Waals surface area contributed by atoms with Gasteiger partial charge in [-0.3, -0.25) is 14.7 Å². The highest BCUT2D eigenvalue weighted by Crippen LogP contribution is 2.41. The quantitative estimate of drug-likeness (QED) is 0.403. The highest BCUT2D eigenvalue weighted by atomic mass is 35.5. The maximum absolute atomic E-state index is 12.7. The monoisotopic (exact) mass is 431 g/mol. The molecule has 0 bridgehead atoms. The van der Waals surface area contributed by atoms with Crippen LogP contribution in [0.1, 0.15) is 17.4 Å². The van der Waals surface area contributed by atoms with Gasteiger partial charge in [0, 0.05) is 17.2 Å². The van der Waals surface area contributed by atoms with Gasteiger partial charge in [-0.25, -0.2) is 0 Å². The van der Waals surface area contributed by atoms with Gasteiger partial charge >= 0.3 is 5.97 Å². The van der Waals surface area contributed by atoms with Crippen molar-refractivity contribution < 1.29 is 29.6 Å². The van der Waals surface area contributed by atoms with E-state index in [2.05, 4.69) is 15.5 Å². The van der Waals surface area contributed by atoms with Crippen LogP contribution in [0.4, 0.5) is 0 Å². The molecule has 0 aliphatic rings. The number of rotatable bonds is 6. The van der Waals surface area contributed by atoms with E-state index in [1.54, 1.807) is 24.3 Å². The Labute approximate surface area is 175 Å². The van der Waals surface area contributed by atoms with E-state index in [-0.39, 0.29) is 33.5 Å². The number of amides is 1. The van der Waals surface area contributed by atoms with Gasteiger partial charge < -0.3 is 25.4 Å². The van der Waals surface area contributed by atoms with E-state index >= 15 is 0 Å². The first-order valence-corrected chi connectivity index (χ1v) is 9.09. The number of hydrogen-bond donors (Lipinski definition) is 5. The molecule has 1 aromatic heterocycles. The fraction of sp³-hybridized carbons (Fsp3) is 0.150. The minimum atomic E-state index is -1.20. The number of nitrogens with one attached hydrogen (secondary N) is 2. The second-order valence-electron chi connectivity index (χ2n) is 6.40. The van der Waals surface area contributed by atoms with E-state index in [4.69, 9.17) is 21.4 Å². The van der Waals surface area contributed by atoms with E-state index in [0.717, 1.165) is 6.07 Å². The Kier molecular flexibility index (Phi) is 5.84. The van der Waals surface area contributed by atoms with Crippen molar-refractivity contribution >= 4 is 23.5 Å². The minimum absolute atomic E-state index is 0.00753. The number of carboxylic acids is 1. The van der Waals surface area contributed by atoms with Crippen molar-refractivity contribution in [2.75, 3.05) is 7.11 Å². The third-order valence-corrected chi connectivity index (χ3v) is 4.71. The number of aliphatic carboxylic acids is 1. The molecule has 30 heavy (non-hydrogen) atoms. The lowest BCUT2D eigenvalue weighted by molar-refractivity contribution is -0.138. The van der Waals surface area contributed by atoms with Crippen LogP contribution in [0.15, 0.2) is 36.4 Å². The third-order valence-electron chi connectivity index (χ3n) is 4.41. The van der Waals surface area contributed by atoms with Crippen LogP contribution >= 0.6 is 11.6 Å². The number of ether oxygens (including phenoxy) is 1. The van der Waals surface area contributed by atoms with Gasteiger partial charge in [-0.2, -0.15) is 5.10 Å². The largest absolute Gasteiger partial charge is 0.507 e. The number of aromatic hydroxyl groups is 2. The molecule has 1 atom stereocenters. The number of aromatic amines is 1. The second kappa shape index (κ2) is 8.34. The Hall–Kier alpha value is -3.72. The summed E-state index contributed by atoms with van der Waals surface area (Å²) < 4.78 is 5.15. The summed E-state index contributed by atoms with van der Waals surface area (Å²) >= 11 is 5.99. The number of nitrogens with zero attached hydrogens (tertiary/aromatic N) is 1. The zero-order valence-corrected chi connectivity index (χ0v) is 16.7. The maximum Gasteiger partial charge on any atom is 0.325 e. The van der Waals surface area contributed by atoms with Gasteiger partial charge in [-0.05, 0) is 30.7 Å². The molecule has 0 spiro atoms. The molecule has 0 fully saturated rings. The molecule has 1 amide bonds. The predicted octanol–water partition coefficient (Wildman–Crippen LogP) is 3.02. The Morgan fingerprint density at radius 3 is 2.43 bits per heavy atom. The highest BCUT2D eigenvalue weighted by molar-refractivity contribution is 6.32. The number of phenols is 2. The zero-order chi connectivity index (χ0) is 22.0. The minimum Gasteiger partial charge on any atom is -0.507 e. The summed E-state index contributed by atoms with van der Waals surface area (Å²) in [6, 6.07) is 7.97. The lowest BCUT2D eigenvalue weighted by atomic mass is 9.97. The van der Waals surface area contributed by atoms with Gasteiger partial charge in [0.25, 0.3) is 5.91 Å². The molecule has 9 nitrogen and oxygen atoms in total. The van der Waals surface area contributed by atoms with Crippen LogP contribution in [0.2, 0.25) is 5.02 Å². The molecule has 0 aliphatic heterocycles. The SMILES string of the molecule is COc1ccc(-c2c(-c3cc(Cl)c(O)cc3O)n[nH]c2C(=O)N[C@H](C)C(=O)O)cc1. The summed E-state index contributed by atoms with van der Waals surface area (Å²) in [7, 11) is 1.51. The maximum atomic E-state index is 12.7. The molecule has 0 saturated carbocycles. The molecule has 0 radical (unpaired) electrons. The number of H-pyrrole nitrogens is 1. The number of hydrogen-bond acceptors (Lipinski definition) is 6. The molecule has 156 valence electrons. The zero-order valence-electron chi connectivity index (χ0n) is 15.9. The van der Waals surface area contributed by atoms with Crippen LogP contribution in [0.25, 0.3) is 22.4 Å². The number of aromatic nitrogens is 2. The molecule has 3 aromatic rings. The van der Waals surface area contributed by atoms with Gasteiger partial charge in [0.15, 0.2) is 0 Å². The first-order valence-electron chi connectivity index (χ1n) is 8.71. The Morgan fingerprint density at radius 1 is 1.17 bits per heavy atom. The number of phenolic OH excluding ortho intramolecular Hbond substituents is 2. The fourth-order valence-electron chi connectivity index (χ4n) is 2.81. The van der Waals surface area contributed by atoms with Crippen molar-refractivity contribution in [2.24, 2.45) is 0 Å². The molecule has 1 heterocycles. The van der Waals surface area contributed by atoms with Gasteiger partial charge in [0.1, 0.15) is 34.7 Å². The average Bonchev–Trinajstić information content (AvgIpc) is 3.15. The smallest absolute Gasteiger partial charge is 0.325 e. The summed E-state index contributed by atoms with van der Waals surface area (Å²) in [5.41, 5.74) is 1.21. The van der Waals surface area contributed by atoms with E-state index in [1.807, 2.05) is 0 Å². The normalized spacial score (nSPS) is 11.7. The van der Waals surface area contributed by atoms with Gasteiger partial charge in [0.2, 0.25) is 0 Å². The number of carbonyl (C=O) groups is 2. The van der Waals surface area contributed by atoms with E-state index < -0.39 is 17.9 Å². The summed E-state index contributed by atoms with van der Waals surface area (Å²) in [6.45, 7) is 1.33. The molecule has 5 N–H and O–H groups in total. The number of carbonyl (C=O) groups excluding carboxylic acids is 1. The van der Waals surface area contributed by atoms with Crippen LogP contribution in [0.3, 0.4) is 0 Å². The Morgan fingerprint density at radius 2 is 1.83 bits per heavy atom. The molecule has 0 saturated heterocycles. The molecule has 0 aliphatic carbocycles. The van der Waals surface area contributed by atoms with Crippen molar-refractivity contribution in [3.8, 4) is 39.6 Å². The summed E-state index contributed by atoms with van der Waals surface area (Å²) in [6.07, 6.45) is 0. The molecular formula is C20H18ClN3O6. The van der Waals surface area contributed by atoms with Crippen LogP contribution in [0.5, 0.6) is 17.2 Å². The van der Waals surface area contributed by atoms with Crippen molar-refractivity contribution in [3.05, 3.63) is 47.1 Å². The molecule has 3 rings (SSSR count). The summed E-state index contributed by atoms with van der Waals surface area (Å²) in [5, 5.41) is 38.2. The van der Waals surface area contributed by atoms with E-state index in [9.17, 15) is 19.8 Å².